The van der Waals surface area contributed by atoms with Crippen LogP contribution in [-0.4, -0.2) is 9.97 Å². The lowest BCUT2D eigenvalue weighted by molar-refractivity contribution is -0.384. The number of nitrogens with zero attached hydrogens (tertiary/aromatic N) is 1. The Kier molecular flexibility index (Phi) is 3.04. The Bertz CT molecular complexity index is 738. The molecule has 0 saturated heterocycles. The van der Waals surface area contributed by atoms with Gasteiger partial charge in [0, 0.05) is 23.3 Å². The van der Waals surface area contributed by atoms with Gasteiger partial charge in [0.15, 0.2) is 5.05 Å². The predicted molar refractivity (Wildman–Crippen MR) is 80.2 cm³/mol. The van der Waals surface area contributed by atoms with Gasteiger partial charge in [0.1, 0.15) is 5.76 Å². The van der Waals surface area contributed by atoms with Gasteiger partial charge in [-0.15, -0.1) is 0 Å². The quantitative estimate of drug-likeness (QED) is 0.478. The highest BCUT2D eigenvalue weighted by molar-refractivity contribution is 7.80. The van der Waals surface area contributed by atoms with Crippen molar-refractivity contribution in [2.45, 2.75) is 0 Å². The third kappa shape index (κ3) is 2.19. The Morgan fingerprint density at radius 1 is 1.10 bits per heavy atom. The molecule has 0 aromatic heterocycles. The lowest BCUT2D eigenvalue weighted by Crippen LogP contribution is -1.94. The molecule has 0 N–H and O–H groups in total. The number of hydrogen-bond donors (Lipinski definition) is 0. The molecule has 0 amide bonds. The Morgan fingerprint density at radius 2 is 1.85 bits per heavy atom. The second-order valence-corrected chi connectivity index (χ2v) is 4.67. The molecule has 20 heavy (non-hydrogen) atoms. The van der Waals surface area contributed by atoms with Crippen LogP contribution in [0.25, 0.3) is 11.8 Å². The standard InChI is InChI=1S/C15H9NO3S/c17-16(18)11-6-7-12-13(9-11)15(20)19-14(12)8-10-4-2-1-3-5-10/h1-9H. The van der Waals surface area contributed by atoms with E-state index in [4.69, 9.17) is 17.0 Å². The predicted octanol–water partition coefficient (Wildman–Crippen LogP) is 3.80. The molecule has 0 unspecified atom stereocenters. The summed E-state index contributed by atoms with van der Waals surface area (Å²) in [7, 11) is 0. The van der Waals surface area contributed by atoms with Crippen LogP contribution in [0.3, 0.4) is 0 Å². The first-order chi connectivity index (χ1) is 9.65. The molecule has 5 heteroatoms. The minimum Gasteiger partial charge on any atom is -0.445 e. The number of thiocarbonyl (C=S) groups is 1. The first-order valence-electron chi connectivity index (χ1n) is 5.93. The Balaban J connectivity index is 2.07. The molecule has 0 aliphatic carbocycles. The van der Waals surface area contributed by atoms with Crippen LogP contribution in [0, 0.1) is 10.1 Å². The van der Waals surface area contributed by atoms with Crippen LogP contribution < -0.4 is 0 Å². The van der Waals surface area contributed by atoms with Gasteiger partial charge >= 0.3 is 0 Å². The van der Waals surface area contributed by atoms with E-state index in [9.17, 15) is 10.1 Å². The third-order valence-corrected chi connectivity index (χ3v) is 3.30. The van der Waals surface area contributed by atoms with E-state index in [2.05, 4.69) is 0 Å². The van der Waals surface area contributed by atoms with Gasteiger partial charge < -0.3 is 4.74 Å². The monoisotopic (exact) mass is 283 g/mol. The maximum atomic E-state index is 10.8. The summed E-state index contributed by atoms with van der Waals surface area (Å²) in [6, 6.07) is 14.2. The maximum Gasteiger partial charge on any atom is 0.270 e. The zero-order valence-electron chi connectivity index (χ0n) is 10.3. The lowest BCUT2D eigenvalue weighted by Gasteiger charge is -1.99. The van der Waals surface area contributed by atoms with Crippen LogP contribution in [0.5, 0.6) is 0 Å². The molecule has 0 bridgehead atoms. The number of nitro benzene ring substituents is 1. The first kappa shape index (κ1) is 12.5. The summed E-state index contributed by atoms with van der Waals surface area (Å²) in [5.74, 6) is 0.617. The average Bonchev–Trinajstić information content (AvgIpc) is 2.76. The molecule has 0 spiro atoms. The second kappa shape index (κ2) is 4.86. The van der Waals surface area contributed by atoms with Gasteiger partial charge in [-0.3, -0.25) is 10.1 Å². The number of fused-ring (bicyclic) bond motifs is 1. The summed E-state index contributed by atoms with van der Waals surface area (Å²) in [5.41, 5.74) is 2.37. The minimum absolute atomic E-state index is 0.00987. The van der Waals surface area contributed by atoms with Crippen LogP contribution in [0.15, 0.2) is 48.5 Å². The number of hydrogen-bond acceptors (Lipinski definition) is 4. The highest BCUT2D eigenvalue weighted by Crippen LogP contribution is 2.34. The van der Waals surface area contributed by atoms with E-state index in [0.717, 1.165) is 11.1 Å². The Morgan fingerprint density at radius 3 is 2.55 bits per heavy atom. The van der Waals surface area contributed by atoms with Crippen molar-refractivity contribution in [2.24, 2.45) is 0 Å². The van der Waals surface area contributed by atoms with Crippen molar-refractivity contribution < 1.29 is 9.66 Å². The maximum absolute atomic E-state index is 10.8. The molecule has 3 rings (SSSR count). The molecule has 0 saturated carbocycles. The summed E-state index contributed by atoms with van der Waals surface area (Å²) in [6.45, 7) is 0. The number of non-ortho nitro benzene ring substituents is 1. The zero-order chi connectivity index (χ0) is 14.1. The Labute approximate surface area is 120 Å². The molecule has 0 radical (unpaired) electrons. The number of rotatable bonds is 2. The SMILES string of the molecule is O=[N+]([O-])c1ccc2c(c1)C(=S)OC2=Cc1ccccc1. The van der Waals surface area contributed by atoms with E-state index < -0.39 is 4.92 Å². The second-order valence-electron chi connectivity index (χ2n) is 4.30. The minimum atomic E-state index is -0.443. The van der Waals surface area contributed by atoms with Crippen molar-refractivity contribution in [1.29, 1.82) is 0 Å². The van der Waals surface area contributed by atoms with Crippen molar-refractivity contribution in [3.63, 3.8) is 0 Å². The molecule has 2 aromatic rings. The fourth-order valence-electron chi connectivity index (χ4n) is 2.05. The molecule has 2 aromatic carbocycles. The molecule has 98 valence electrons. The van der Waals surface area contributed by atoms with Crippen LogP contribution in [0.4, 0.5) is 5.69 Å². The van der Waals surface area contributed by atoms with Crippen molar-refractivity contribution in [3.05, 3.63) is 75.3 Å². The Hall–Kier alpha value is -2.53. The number of ether oxygens (including phenoxy) is 1. The lowest BCUT2D eigenvalue weighted by atomic mass is 10.1. The summed E-state index contributed by atoms with van der Waals surface area (Å²) >= 11 is 5.13. The van der Waals surface area contributed by atoms with Gasteiger partial charge in [-0.1, -0.05) is 30.3 Å². The highest BCUT2D eigenvalue weighted by Gasteiger charge is 2.25. The molecule has 1 aliphatic rings. The van der Waals surface area contributed by atoms with Crippen molar-refractivity contribution in [2.75, 3.05) is 0 Å². The summed E-state index contributed by atoms with van der Waals surface area (Å²) in [4.78, 5) is 10.3. The molecule has 1 aliphatic heterocycles. The summed E-state index contributed by atoms with van der Waals surface area (Å²) in [6.07, 6.45) is 1.87. The zero-order valence-corrected chi connectivity index (χ0v) is 11.1. The van der Waals surface area contributed by atoms with Gasteiger partial charge in [-0.2, -0.15) is 0 Å². The van der Waals surface area contributed by atoms with Gasteiger partial charge in [-0.25, -0.2) is 0 Å². The topological polar surface area (TPSA) is 52.4 Å². The van der Waals surface area contributed by atoms with Gasteiger partial charge in [0.2, 0.25) is 0 Å². The van der Waals surface area contributed by atoms with E-state index >= 15 is 0 Å². The van der Waals surface area contributed by atoms with Gasteiger partial charge in [-0.05, 0) is 29.9 Å². The fourth-order valence-corrected chi connectivity index (χ4v) is 2.31. The molecule has 1 heterocycles. The van der Waals surface area contributed by atoms with E-state index in [0.29, 0.717) is 11.3 Å². The molecule has 4 nitrogen and oxygen atoms in total. The highest BCUT2D eigenvalue weighted by atomic mass is 32.1. The van der Waals surface area contributed by atoms with Crippen molar-refractivity contribution in [3.8, 4) is 0 Å². The number of nitro groups is 1. The normalized spacial score (nSPS) is 15.0. The van der Waals surface area contributed by atoms with E-state index in [1.165, 1.54) is 12.1 Å². The first-order valence-corrected chi connectivity index (χ1v) is 6.34. The van der Waals surface area contributed by atoms with Crippen LogP contribution in [0.1, 0.15) is 16.7 Å². The van der Waals surface area contributed by atoms with E-state index in [1.54, 1.807) is 6.07 Å². The molecule has 0 atom stereocenters. The van der Waals surface area contributed by atoms with Crippen LogP contribution in [-0.2, 0) is 4.74 Å². The average molecular weight is 283 g/mol. The van der Waals surface area contributed by atoms with Gasteiger partial charge in [0.25, 0.3) is 5.69 Å². The fraction of sp³-hybridized carbons (Fsp3) is 0. The summed E-state index contributed by atoms with van der Waals surface area (Å²) in [5, 5.41) is 11.1. The number of benzene rings is 2. The van der Waals surface area contributed by atoms with Gasteiger partial charge in [0.05, 0.1) is 4.92 Å². The van der Waals surface area contributed by atoms with Crippen molar-refractivity contribution in [1.82, 2.24) is 0 Å². The van der Waals surface area contributed by atoms with Crippen LogP contribution >= 0.6 is 12.2 Å². The van der Waals surface area contributed by atoms with E-state index in [-0.39, 0.29) is 10.7 Å². The summed E-state index contributed by atoms with van der Waals surface area (Å²) < 4.78 is 5.54. The third-order valence-electron chi connectivity index (χ3n) is 3.00. The van der Waals surface area contributed by atoms with E-state index in [1.807, 2.05) is 36.4 Å². The molecule has 0 fully saturated rings. The molecular weight excluding hydrogens is 274 g/mol. The van der Waals surface area contributed by atoms with Crippen LogP contribution in [0.2, 0.25) is 0 Å². The molecular formula is C15H9NO3S. The van der Waals surface area contributed by atoms with Crippen molar-refractivity contribution >= 4 is 34.8 Å². The largest absolute Gasteiger partial charge is 0.445 e. The smallest absolute Gasteiger partial charge is 0.270 e.